The van der Waals surface area contributed by atoms with Gasteiger partial charge in [-0.1, -0.05) is 30.7 Å². The molecule has 0 amide bonds. The second-order valence-corrected chi connectivity index (χ2v) is 5.29. The number of benzene rings is 1. The van der Waals surface area contributed by atoms with E-state index in [1.165, 1.54) is 16.7 Å². The van der Waals surface area contributed by atoms with Crippen LogP contribution in [0.3, 0.4) is 0 Å². The molecule has 1 aromatic carbocycles. The molecule has 96 valence electrons. The minimum absolute atomic E-state index is 0.690. The van der Waals surface area contributed by atoms with Gasteiger partial charge in [-0.05, 0) is 51.5 Å². The third-order valence-electron chi connectivity index (χ3n) is 3.12. The van der Waals surface area contributed by atoms with Crippen molar-refractivity contribution in [1.82, 2.24) is 10.2 Å². The number of nitrogens with zero attached hydrogens (tertiary/aromatic N) is 1. The summed E-state index contributed by atoms with van der Waals surface area (Å²) in [6, 6.07) is 6.70. The number of hydrogen-bond donors (Lipinski definition) is 1. The highest BCUT2D eigenvalue weighted by molar-refractivity contribution is 5.30. The number of rotatable bonds is 6. The number of aryl methyl sites for hydroxylation is 2. The highest BCUT2D eigenvalue weighted by Gasteiger charge is 2.07. The van der Waals surface area contributed by atoms with E-state index in [9.17, 15) is 0 Å². The summed E-state index contributed by atoms with van der Waals surface area (Å²) in [5.74, 6) is 0.690. The minimum atomic E-state index is 0.690. The minimum Gasteiger partial charge on any atom is -0.319 e. The molecule has 0 aliphatic rings. The van der Waals surface area contributed by atoms with Crippen molar-refractivity contribution in [3.63, 3.8) is 0 Å². The summed E-state index contributed by atoms with van der Waals surface area (Å²) in [6.07, 6.45) is 0. The van der Waals surface area contributed by atoms with Crippen LogP contribution < -0.4 is 5.32 Å². The van der Waals surface area contributed by atoms with Crippen LogP contribution in [0, 0.1) is 19.8 Å². The smallest absolute Gasteiger partial charge is 0.0233 e. The van der Waals surface area contributed by atoms with Crippen molar-refractivity contribution in [1.29, 1.82) is 0 Å². The quantitative estimate of drug-likeness (QED) is 0.814. The van der Waals surface area contributed by atoms with Gasteiger partial charge in [0.05, 0.1) is 0 Å². The van der Waals surface area contributed by atoms with Crippen LogP contribution in [-0.4, -0.2) is 32.1 Å². The van der Waals surface area contributed by atoms with Gasteiger partial charge in [0.2, 0.25) is 0 Å². The van der Waals surface area contributed by atoms with E-state index in [0.717, 1.165) is 19.6 Å². The highest BCUT2D eigenvalue weighted by Crippen LogP contribution is 2.13. The van der Waals surface area contributed by atoms with Crippen LogP contribution in [0.25, 0.3) is 0 Å². The first kappa shape index (κ1) is 14.2. The van der Waals surface area contributed by atoms with Gasteiger partial charge in [-0.2, -0.15) is 0 Å². The fraction of sp³-hybridized carbons (Fsp3) is 0.600. The third kappa shape index (κ3) is 4.88. The molecule has 0 fully saturated rings. The maximum Gasteiger partial charge on any atom is 0.0233 e. The van der Waals surface area contributed by atoms with E-state index in [1.54, 1.807) is 0 Å². The Morgan fingerprint density at radius 2 is 2.00 bits per heavy atom. The summed E-state index contributed by atoms with van der Waals surface area (Å²) >= 11 is 0. The summed E-state index contributed by atoms with van der Waals surface area (Å²) in [4.78, 5) is 2.41. The third-order valence-corrected chi connectivity index (χ3v) is 3.12. The van der Waals surface area contributed by atoms with E-state index in [4.69, 9.17) is 0 Å². The highest BCUT2D eigenvalue weighted by atomic mass is 15.1. The summed E-state index contributed by atoms with van der Waals surface area (Å²) in [7, 11) is 4.22. The zero-order chi connectivity index (χ0) is 12.8. The number of hydrogen-bond acceptors (Lipinski definition) is 2. The lowest BCUT2D eigenvalue weighted by atomic mass is 10.0. The van der Waals surface area contributed by atoms with Crippen LogP contribution in [0.1, 0.15) is 23.6 Å². The lowest BCUT2D eigenvalue weighted by Crippen LogP contribution is -2.29. The predicted octanol–water partition coefficient (Wildman–Crippen LogP) is 2.59. The fourth-order valence-electron chi connectivity index (χ4n) is 2.27. The average molecular weight is 234 g/mol. The maximum absolute atomic E-state index is 3.23. The topological polar surface area (TPSA) is 15.3 Å². The van der Waals surface area contributed by atoms with Gasteiger partial charge in [0.15, 0.2) is 0 Å². The van der Waals surface area contributed by atoms with Crippen molar-refractivity contribution < 1.29 is 0 Å². The molecule has 0 heterocycles. The van der Waals surface area contributed by atoms with Gasteiger partial charge in [0.1, 0.15) is 0 Å². The van der Waals surface area contributed by atoms with Crippen molar-refractivity contribution in [3.8, 4) is 0 Å². The standard InChI is InChI=1S/C15H26N2/c1-12-6-7-14(3)15(8-12)11-17(5)10-13(2)9-16-4/h6-8,13,16H,9-11H2,1-5H3. The molecule has 2 nitrogen and oxygen atoms in total. The molecule has 0 aromatic heterocycles. The molecule has 1 aromatic rings. The van der Waals surface area contributed by atoms with Crippen molar-refractivity contribution in [2.75, 3.05) is 27.2 Å². The zero-order valence-electron chi connectivity index (χ0n) is 11.9. The van der Waals surface area contributed by atoms with Gasteiger partial charge in [0.25, 0.3) is 0 Å². The first-order valence-corrected chi connectivity index (χ1v) is 6.42. The Balaban J connectivity index is 2.55. The molecular weight excluding hydrogens is 208 g/mol. The molecule has 0 aliphatic carbocycles. The van der Waals surface area contributed by atoms with Crippen LogP contribution in [-0.2, 0) is 6.54 Å². The van der Waals surface area contributed by atoms with Crippen molar-refractivity contribution >= 4 is 0 Å². The van der Waals surface area contributed by atoms with Gasteiger partial charge in [-0.3, -0.25) is 0 Å². The zero-order valence-corrected chi connectivity index (χ0v) is 11.9. The summed E-state index contributed by atoms with van der Waals surface area (Å²) in [5.41, 5.74) is 4.19. The van der Waals surface area contributed by atoms with Crippen molar-refractivity contribution in [3.05, 3.63) is 34.9 Å². The predicted molar refractivity (Wildman–Crippen MR) is 75.3 cm³/mol. The van der Waals surface area contributed by atoms with Crippen LogP contribution in [0.5, 0.6) is 0 Å². The Bertz CT molecular complexity index is 347. The molecule has 1 N–H and O–H groups in total. The molecule has 0 radical (unpaired) electrons. The first-order chi connectivity index (χ1) is 8.02. The van der Waals surface area contributed by atoms with Gasteiger partial charge in [0, 0.05) is 13.1 Å². The average Bonchev–Trinajstić information content (AvgIpc) is 2.23. The Hall–Kier alpha value is -0.860. The molecule has 1 rings (SSSR count). The molecule has 0 saturated heterocycles. The molecule has 1 atom stereocenters. The molecular formula is C15H26N2. The molecule has 0 bridgehead atoms. The molecule has 0 spiro atoms. The van der Waals surface area contributed by atoms with Crippen LogP contribution in [0.15, 0.2) is 18.2 Å². The Morgan fingerprint density at radius 3 is 2.65 bits per heavy atom. The van der Waals surface area contributed by atoms with Crippen LogP contribution in [0.2, 0.25) is 0 Å². The van der Waals surface area contributed by atoms with Crippen LogP contribution in [0.4, 0.5) is 0 Å². The summed E-state index contributed by atoms with van der Waals surface area (Å²) < 4.78 is 0. The largest absolute Gasteiger partial charge is 0.319 e. The van der Waals surface area contributed by atoms with E-state index >= 15 is 0 Å². The van der Waals surface area contributed by atoms with Gasteiger partial charge in [-0.15, -0.1) is 0 Å². The summed E-state index contributed by atoms with van der Waals surface area (Å²) in [6.45, 7) is 9.90. The SMILES string of the molecule is CNCC(C)CN(C)Cc1cc(C)ccc1C. The molecule has 17 heavy (non-hydrogen) atoms. The molecule has 0 aliphatic heterocycles. The van der Waals surface area contributed by atoms with Crippen LogP contribution >= 0.6 is 0 Å². The van der Waals surface area contributed by atoms with Crippen molar-refractivity contribution in [2.24, 2.45) is 5.92 Å². The summed E-state index contributed by atoms with van der Waals surface area (Å²) in [5, 5.41) is 3.23. The second-order valence-electron chi connectivity index (χ2n) is 5.29. The molecule has 1 unspecified atom stereocenters. The second kappa shape index (κ2) is 6.77. The van der Waals surface area contributed by atoms with Gasteiger partial charge in [-0.25, -0.2) is 0 Å². The van der Waals surface area contributed by atoms with E-state index in [2.05, 4.69) is 56.2 Å². The molecule has 0 saturated carbocycles. The Labute approximate surface area is 106 Å². The normalized spacial score (nSPS) is 13.1. The Morgan fingerprint density at radius 1 is 1.29 bits per heavy atom. The Kier molecular flexibility index (Phi) is 5.66. The first-order valence-electron chi connectivity index (χ1n) is 6.42. The van der Waals surface area contributed by atoms with Gasteiger partial charge >= 0.3 is 0 Å². The lowest BCUT2D eigenvalue weighted by molar-refractivity contribution is 0.276. The van der Waals surface area contributed by atoms with Gasteiger partial charge < -0.3 is 10.2 Å². The van der Waals surface area contributed by atoms with Crippen molar-refractivity contribution in [2.45, 2.75) is 27.3 Å². The van der Waals surface area contributed by atoms with E-state index < -0.39 is 0 Å². The van der Waals surface area contributed by atoms with E-state index in [-0.39, 0.29) is 0 Å². The monoisotopic (exact) mass is 234 g/mol. The molecule has 2 heteroatoms. The maximum atomic E-state index is 3.23. The number of nitrogens with one attached hydrogen (secondary N) is 1. The van der Waals surface area contributed by atoms with E-state index in [0.29, 0.717) is 5.92 Å². The lowest BCUT2D eigenvalue weighted by Gasteiger charge is -2.22. The van der Waals surface area contributed by atoms with E-state index in [1.807, 2.05) is 7.05 Å². The fourth-order valence-corrected chi connectivity index (χ4v) is 2.27.